The van der Waals surface area contributed by atoms with Gasteiger partial charge in [0.25, 0.3) is 0 Å². The van der Waals surface area contributed by atoms with Crippen molar-refractivity contribution >= 4 is 24.0 Å². The SMILES string of the molecule is COC(=O)N[C@H]1CCC[C@@H]1C(=O)N1CCC[C@H]1c1ncc(-c2ccc(-c3ccc(-c4cnc([C@H]5[C@H]6CC[C@@H](C6)N5C(=O)[C@@H]5CCC[C@H]5NC(=O)OC)[nH]4)cc3)cc2)[nH]1. The molecule has 304 valence electrons. The monoisotopic (exact) mass is 788 g/mol. The Morgan fingerprint density at radius 1 is 0.638 bits per heavy atom. The summed E-state index contributed by atoms with van der Waals surface area (Å²) in [5.41, 5.74) is 6.01. The zero-order chi connectivity index (χ0) is 39.9. The molecule has 4 N–H and O–H groups in total. The third kappa shape index (κ3) is 7.10. The lowest BCUT2D eigenvalue weighted by atomic mass is 9.95. The van der Waals surface area contributed by atoms with E-state index >= 15 is 0 Å². The van der Waals surface area contributed by atoms with Crippen LogP contribution >= 0.6 is 0 Å². The Hall–Kier alpha value is -5.66. The number of carbonyl (C=O) groups excluding carboxylic acids is 4. The molecule has 4 aromatic rings. The normalized spacial score (nSPS) is 27.6. The van der Waals surface area contributed by atoms with Crippen molar-refractivity contribution in [1.82, 2.24) is 40.4 Å². The number of amides is 4. The number of aromatic nitrogens is 4. The molecule has 0 unspecified atom stereocenters. The van der Waals surface area contributed by atoms with Gasteiger partial charge in [-0.25, -0.2) is 19.6 Å². The van der Waals surface area contributed by atoms with Gasteiger partial charge in [0.1, 0.15) is 11.6 Å². The van der Waals surface area contributed by atoms with E-state index in [1.807, 2.05) is 17.3 Å². The number of piperidine rings is 1. The fraction of sp³-hybridized carbons (Fsp3) is 0.500. The Balaban J connectivity index is 0.851. The minimum Gasteiger partial charge on any atom is -0.453 e. The maximum absolute atomic E-state index is 14.1. The molecule has 0 spiro atoms. The van der Waals surface area contributed by atoms with E-state index in [-0.39, 0.29) is 53.9 Å². The van der Waals surface area contributed by atoms with Crippen LogP contribution in [-0.2, 0) is 19.1 Å². The molecule has 2 aromatic heterocycles. The lowest BCUT2D eigenvalue weighted by molar-refractivity contribution is -0.141. The van der Waals surface area contributed by atoms with E-state index in [4.69, 9.17) is 19.4 Å². The van der Waals surface area contributed by atoms with Crippen molar-refractivity contribution in [1.29, 1.82) is 0 Å². The number of fused-ring (bicyclic) bond motifs is 2. The van der Waals surface area contributed by atoms with Gasteiger partial charge in [-0.05, 0) is 86.0 Å². The molecule has 0 radical (unpaired) electrons. The van der Waals surface area contributed by atoms with Crippen LogP contribution < -0.4 is 10.6 Å². The maximum atomic E-state index is 14.1. The number of benzene rings is 2. The molecule has 8 atom stereocenters. The summed E-state index contributed by atoms with van der Waals surface area (Å²) in [5, 5.41) is 5.77. The molecule has 2 saturated heterocycles. The molecule has 2 aromatic carbocycles. The summed E-state index contributed by atoms with van der Waals surface area (Å²) in [6, 6.07) is 16.4. The number of imidazole rings is 2. The number of carbonyl (C=O) groups is 4. The van der Waals surface area contributed by atoms with E-state index in [1.54, 1.807) is 0 Å². The topological polar surface area (TPSA) is 175 Å². The highest BCUT2D eigenvalue weighted by Crippen LogP contribution is 2.51. The fourth-order valence-electron chi connectivity index (χ4n) is 10.6. The van der Waals surface area contributed by atoms with Gasteiger partial charge in [0, 0.05) is 24.7 Å². The minimum absolute atomic E-state index is 0.0757. The van der Waals surface area contributed by atoms with Crippen molar-refractivity contribution in [3.8, 4) is 33.6 Å². The first-order chi connectivity index (χ1) is 28.3. The molecule has 2 bridgehead atoms. The molecule has 9 rings (SSSR count). The summed E-state index contributed by atoms with van der Waals surface area (Å²) in [6.45, 7) is 0.677. The number of likely N-dealkylation sites (tertiary alicyclic amines) is 2. The second kappa shape index (κ2) is 15.9. The van der Waals surface area contributed by atoms with Gasteiger partial charge in [-0.2, -0.15) is 0 Å². The van der Waals surface area contributed by atoms with Crippen molar-refractivity contribution in [2.45, 2.75) is 101 Å². The molecule has 58 heavy (non-hydrogen) atoms. The quantitative estimate of drug-likeness (QED) is 0.142. The summed E-state index contributed by atoms with van der Waals surface area (Å²) in [6.07, 6.45) is 12.4. The molecule has 5 aliphatic rings. The molecule has 14 nitrogen and oxygen atoms in total. The van der Waals surface area contributed by atoms with Crippen LogP contribution in [-0.4, -0.2) is 92.6 Å². The summed E-state index contributed by atoms with van der Waals surface area (Å²) >= 11 is 0. The molecule has 14 heteroatoms. The van der Waals surface area contributed by atoms with Gasteiger partial charge in [0.05, 0.1) is 61.9 Å². The predicted molar refractivity (Wildman–Crippen MR) is 215 cm³/mol. The lowest BCUT2D eigenvalue weighted by Crippen LogP contribution is -2.49. The number of ether oxygens (including phenoxy) is 2. The van der Waals surface area contributed by atoms with Gasteiger partial charge >= 0.3 is 12.2 Å². The van der Waals surface area contributed by atoms with Gasteiger partial charge in [-0.15, -0.1) is 0 Å². The third-order valence-electron chi connectivity index (χ3n) is 13.5. The van der Waals surface area contributed by atoms with E-state index in [2.05, 4.69) is 74.0 Å². The summed E-state index contributed by atoms with van der Waals surface area (Å²) in [5.74, 6) is 1.68. The Labute approximate surface area is 337 Å². The van der Waals surface area contributed by atoms with Gasteiger partial charge in [0.2, 0.25) is 11.8 Å². The van der Waals surface area contributed by atoms with Crippen LogP contribution in [0.5, 0.6) is 0 Å². The second-order valence-electron chi connectivity index (χ2n) is 16.7. The van der Waals surface area contributed by atoms with E-state index < -0.39 is 12.2 Å². The third-order valence-corrected chi connectivity index (χ3v) is 13.5. The Bertz CT molecular complexity index is 2150. The summed E-state index contributed by atoms with van der Waals surface area (Å²) in [4.78, 5) is 72.4. The van der Waals surface area contributed by atoms with Crippen LogP contribution in [0.4, 0.5) is 9.59 Å². The van der Waals surface area contributed by atoms with E-state index in [9.17, 15) is 19.2 Å². The van der Waals surface area contributed by atoms with Crippen molar-refractivity contribution < 1.29 is 28.7 Å². The first-order valence-electron chi connectivity index (χ1n) is 20.9. The molecular weight excluding hydrogens is 737 g/mol. The van der Waals surface area contributed by atoms with E-state index in [0.29, 0.717) is 12.5 Å². The molecule has 2 aliphatic heterocycles. The minimum atomic E-state index is -0.495. The van der Waals surface area contributed by atoms with Gasteiger partial charge in [-0.3, -0.25) is 9.59 Å². The smallest absolute Gasteiger partial charge is 0.407 e. The lowest BCUT2D eigenvalue weighted by Gasteiger charge is -2.37. The maximum Gasteiger partial charge on any atom is 0.407 e. The number of nitrogens with zero attached hydrogens (tertiary/aromatic N) is 4. The van der Waals surface area contributed by atoms with Crippen molar-refractivity contribution in [3.63, 3.8) is 0 Å². The molecule has 3 saturated carbocycles. The zero-order valence-corrected chi connectivity index (χ0v) is 33.1. The van der Waals surface area contributed by atoms with E-state index in [0.717, 1.165) is 116 Å². The summed E-state index contributed by atoms with van der Waals surface area (Å²) in [7, 11) is 2.70. The number of methoxy groups -OCH3 is 2. The molecule has 4 heterocycles. The second-order valence-corrected chi connectivity index (χ2v) is 16.7. The standard InChI is InChI=1S/C44H52N8O6/c1-57-43(55)49-33-8-3-6-31(33)41(53)51-21-5-10-37(51)39-45-23-35(47-39)27-15-11-25(12-16-27)26-13-17-28(18-14-26)36-24-46-40(48-36)38-29-19-20-30(22-29)52(38)42(54)32-7-4-9-34(32)50-44(56)58-2/h11-18,23-24,29-34,37-38H,3-10,19-22H2,1-2H3,(H,45,47)(H,46,48)(H,49,55)(H,50,56)/t29-,30-,31-,32+,33-,34+,37-,38+/m0/s1. The van der Waals surface area contributed by atoms with Crippen LogP contribution in [0.3, 0.4) is 0 Å². The van der Waals surface area contributed by atoms with Gasteiger partial charge in [0.15, 0.2) is 0 Å². The first-order valence-corrected chi connectivity index (χ1v) is 20.9. The van der Waals surface area contributed by atoms with Crippen LogP contribution in [0.25, 0.3) is 33.6 Å². The number of alkyl carbamates (subject to hydrolysis) is 2. The first kappa shape index (κ1) is 37.9. The highest BCUT2D eigenvalue weighted by Gasteiger charge is 2.52. The van der Waals surface area contributed by atoms with Crippen LogP contribution in [0.1, 0.15) is 94.4 Å². The van der Waals surface area contributed by atoms with Crippen LogP contribution in [0, 0.1) is 17.8 Å². The zero-order valence-electron chi connectivity index (χ0n) is 33.1. The highest BCUT2D eigenvalue weighted by atomic mass is 16.5. The number of rotatable bonds is 9. The van der Waals surface area contributed by atoms with Crippen LogP contribution in [0.2, 0.25) is 0 Å². The molecule has 5 fully saturated rings. The number of aromatic amines is 2. The number of H-pyrrole nitrogens is 2. The van der Waals surface area contributed by atoms with Gasteiger partial charge in [-0.1, -0.05) is 61.4 Å². The van der Waals surface area contributed by atoms with Crippen molar-refractivity contribution in [2.75, 3.05) is 20.8 Å². The number of hydrogen-bond donors (Lipinski definition) is 4. The number of nitrogens with one attached hydrogen (secondary N) is 4. The predicted octanol–water partition coefficient (Wildman–Crippen LogP) is 6.90. The Morgan fingerprint density at radius 3 is 1.76 bits per heavy atom. The Morgan fingerprint density at radius 2 is 1.17 bits per heavy atom. The van der Waals surface area contributed by atoms with Crippen molar-refractivity contribution in [3.05, 3.63) is 72.6 Å². The van der Waals surface area contributed by atoms with Gasteiger partial charge < -0.3 is 39.9 Å². The highest BCUT2D eigenvalue weighted by molar-refractivity contribution is 5.83. The molecule has 4 amide bonds. The summed E-state index contributed by atoms with van der Waals surface area (Å²) < 4.78 is 9.63. The molecule has 3 aliphatic carbocycles. The largest absolute Gasteiger partial charge is 0.453 e. The number of hydrogen-bond acceptors (Lipinski definition) is 8. The average Bonchev–Trinajstić information content (AvgIpc) is 4.11. The molecular formula is C44H52N8O6. The van der Waals surface area contributed by atoms with E-state index in [1.165, 1.54) is 14.2 Å². The Kier molecular flexibility index (Phi) is 10.4. The average molecular weight is 789 g/mol. The fourth-order valence-corrected chi connectivity index (χ4v) is 10.6. The van der Waals surface area contributed by atoms with Crippen LogP contribution in [0.15, 0.2) is 60.9 Å². The van der Waals surface area contributed by atoms with Crippen molar-refractivity contribution in [2.24, 2.45) is 17.8 Å².